The van der Waals surface area contributed by atoms with Crippen molar-refractivity contribution in [2.75, 3.05) is 24.3 Å². The number of ether oxygens (including phenoxy) is 2. The molecule has 3 rings (SSSR count). The van der Waals surface area contributed by atoms with Gasteiger partial charge < -0.3 is 9.47 Å². The molecule has 2 aromatic carbocycles. The Morgan fingerprint density at radius 2 is 1.81 bits per heavy atom. The van der Waals surface area contributed by atoms with E-state index in [9.17, 15) is 18.0 Å². The molecule has 3 aromatic rings. The third-order valence-corrected chi connectivity index (χ3v) is 6.57. The molecule has 0 spiro atoms. The highest BCUT2D eigenvalue weighted by Gasteiger charge is 2.23. The number of hydrogen-bond acceptors (Lipinski definition) is 9. The molecule has 0 radical (unpaired) electrons. The van der Waals surface area contributed by atoms with Crippen molar-refractivity contribution in [1.29, 1.82) is 0 Å². The fourth-order valence-electron chi connectivity index (χ4n) is 2.55. The largest absolute Gasteiger partial charge is 0.495 e. The Morgan fingerprint density at radius 1 is 1.03 bits per heavy atom. The van der Waals surface area contributed by atoms with Crippen molar-refractivity contribution < 1.29 is 27.5 Å². The van der Waals surface area contributed by atoms with Crippen LogP contribution in [0.3, 0.4) is 0 Å². The summed E-state index contributed by atoms with van der Waals surface area (Å²) in [5.74, 6) is -0.891. The number of amides is 1. The predicted octanol–water partition coefficient (Wildman–Crippen LogP) is 2.69. The summed E-state index contributed by atoms with van der Waals surface area (Å²) in [4.78, 5) is 24.1. The van der Waals surface area contributed by atoms with Crippen LogP contribution in [0.25, 0.3) is 0 Å². The Morgan fingerprint density at radius 3 is 2.48 bits per heavy atom. The summed E-state index contributed by atoms with van der Waals surface area (Å²) in [6, 6.07) is 11.1. The van der Waals surface area contributed by atoms with Crippen LogP contribution in [0, 0.1) is 6.92 Å². The third kappa shape index (κ3) is 5.16. The van der Waals surface area contributed by atoms with Gasteiger partial charge in [-0.25, -0.2) is 4.79 Å². The first kappa shape index (κ1) is 22.2. The van der Waals surface area contributed by atoms with Gasteiger partial charge in [-0.05, 0) is 37.3 Å². The fourth-order valence-corrected chi connectivity index (χ4v) is 4.50. The van der Waals surface area contributed by atoms with Crippen LogP contribution in [0.1, 0.15) is 26.3 Å². The number of rotatable bonds is 7. The molecular weight excluding hydrogens is 444 g/mol. The van der Waals surface area contributed by atoms with Crippen molar-refractivity contribution in [3.05, 3.63) is 59.2 Å². The van der Waals surface area contributed by atoms with E-state index in [1.54, 1.807) is 18.2 Å². The lowest BCUT2D eigenvalue weighted by Crippen LogP contribution is -2.14. The van der Waals surface area contributed by atoms with E-state index in [1.807, 2.05) is 13.0 Å². The van der Waals surface area contributed by atoms with Crippen LogP contribution >= 0.6 is 11.3 Å². The Hall–Kier alpha value is -3.51. The van der Waals surface area contributed by atoms with Gasteiger partial charge in [0.05, 0.1) is 25.5 Å². The quantitative estimate of drug-likeness (QED) is 0.404. The summed E-state index contributed by atoms with van der Waals surface area (Å²) in [7, 11) is -1.60. The number of nitrogens with one attached hydrogen (secondary N) is 2. The van der Waals surface area contributed by atoms with Gasteiger partial charge in [0, 0.05) is 5.56 Å². The Labute approximate surface area is 182 Å². The molecule has 0 saturated carbocycles. The molecule has 0 aliphatic carbocycles. The molecule has 1 heterocycles. The first-order valence-corrected chi connectivity index (χ1v) is 11.0. The molecule has 0 unspecified atom stereocenters. The van der Waals surface area contributed by atoms with E-state index in [-0.39, 0.29) is 26.5 Å². The molecule has 0 fully saturated rings. The fraction of sp³-hybridized carbons (Fsp3) is 0.158. The summed E-state index contributed by atoms with van der Waals surface area (Å²) in [5.41, 5.74) is 1.46. The molecule has 0 aliphatic heterocycles. The first-order valence-electron chi connectivity index (χ1n) is 8.74. The van der Waals surface area contributed by atoms with E-state index >= 15 is 0 Å². The SMILES string of the molecule is COC(=O)c1ccc(OC)c(NS(=O)(=O)c2nnc(NC(=O)c3cccc(C)c3)s2)c1. The Bertz CT molecular complexity index is 1240. The van der Waals surface area contributed by atoms with E-state index < -0.39 is 21.9 Å². The van der Waals surface area contributed by atoms with Crippen molar-refractivity contribution in [3.8, 4) is 5.75 Å². The number of aryl methyl sites for hydroxylation is 1. The van der Waals surface area contributed by atoms with Crippen molar-refractivity contribution >= 4 is 44.1 Å². The third-order valence-electron chi connectivity index (χ3n) is 4.00. The molecule has 31 heavy (non-hydrogen) atoms. The van der Waals surface area contributed by atoms with Gasteiger partial charge >= 0.3 is 5.97 Å². The number of carbonyl (C=O) groups is 2. The van der Waals surface area contributed by atoms with E-state index in [1.165, 1.54) is 32.4 Å². The highest BCUT2D eigenvalue weighted by molar-refractivity contribution is 7.94. The van der Waals surface area contributed by atoms with E-state index in [0.717, 1.165) is 5.56 Å². The second kappa shape index (κ2) is 9.10. The second-order valence-corrected chi connectivity index (χ2v) is 9.04. The summed E-state index contributed by atoms with van der Waals surface area (Å²) in [5, 5.41) is 9.91. The lowest BCUT2D eigenvalue weighted by atomic mass is 10.1. The number of nitrogens with zero attached hydrogens (tertiary/aromatic N) is 2. The zero-order chi connectivity index (χ0) is 22.6. The minimum absolute atomic E-state index is 0.0159. The number of aromatic nitrogens is 2. The maximum absolute atomic E-state index is 12.7. The maximum atomic E-state index is 12.7. The smallest absolute Gasteiger partial charge is 0.337 e. The van der Waals surface area contributed by atoms with Crippen LogP contribution in [0.4, 0.5) is 10.8 Å². The van der Waals surface area contributed by atoms with Crippen molar-refractivity contribution in [2.45, 2.75) is 11.3 Å². The average Bonchev–Trinajstić information content (AvgIpc) is 3.22. The Kier molecular flexibility index (Phi) is 6.51. The average molecular weight is 463 g/mol. The summed E-state index contributed by atoms with van der Waals surface area (Å²) in [6.07, 6.45) is 0. The number of esters is 1. The highest BCUT2D eigenvalue weighted by atomic mass is 32.2. The molecule has 10 nitrogen and oxygen atoms in total. The van der Waals surface area contributed by atoms with Gasteiger partial charge in [0.1, 0.15) is 5.75 Å². The van der Waals surface area contributed by atoms with E-state index in [2.05, 4.69) is 25.0 Å². The molecule has 12 heteroatoms. The minimum atomic E-state index is -4.17. The van der Waals surface area contributed by atoms with Crippen LogP contribution in [0.5, 0.6) is 5.75 Å². The van der Waals surface area contributed by atoms with Gasteiger partial charge in [0.25, 0.3) is 20.3 Å². The van der Waals surface area contributed by atoms with Gasteiger partial charge in [-0.3, -0.25) is 14.8 Å². The topological polar surface area (TPSA) is 137 Å². The normalized spacial score (nSPS) is 10.9. The predicted molar refractivity (Wildman–Crippen MR) is 114 cm³/mol. The van der Waals surface area contributed by atoms with Gasteiger partial charge in [-0.1, -0.05) is 29.0 Å². The van der Waals surface area contributed by atoms with Crippen LogP contribution in [-0.4, -0.2) is 44.7 Å². The molecule has 1 amide bonds. The second-order valence-electron chi connectivity index (χ2n) is 6.21. The molecule has 0 saturated heterocycles. The zero-order valence-electron chi connectivity index (χ0n) is 16.7. The number of carbonyl (C=O) groups excluding carboxylic acids is 2. The van der Waals surface area contributed by atoms with Crippen LogP contribution in [-0.2, 0) is 14.8 Å². The maximum Gasteiger partial charge on any atom is 0.337 e. The number of anilines is 2. The van der Waals surface area contributed by atoms with Crippen molar-refractivity contribution in [2.24, 2.45) is 0 Å². The summed E-state index contributed by atoms with van der Waals surface area (Å²) >= 11 is 0.678. The van der Waals surface area contributed by atoms with Gasteiger partial charge in [-0.15, -0.1) is 10.2 Å². The number of methoxy groups -OCH3 is 2. The zero-order valence-corrected chi connectivity index (χ0v) is 18.3. The number of sulfonamides is 1. The molecule has 162 valence electrons. The monoisotopic (exact) mass is 462 g/mol. The molecule has 2 N–H and O–H groups in total. The van der Waals surface area contributed by atoms with Crippen molar-refractivity contribution in [3.63, 3.8) is 0 Å². The molecule has 0 bridgehead atoms. The minimum Gasteiger partial charge on any atom is -0.495 e. The number of benzene rings is 2. The van der Waals surface area contributed by atoms with Crippen LogP contribution < -0.4 is 14.8 Å². The van der Waals surface area contributed by atoms with Crippen molar-refractivity contribution in [1.82, 2.24) is 10.2 Å². The molecular formula is C19H18N4O6S2. The van der Waals surface area contributed by atoms with Crippen LogP contribution in [0.2, 0.25) is 0 Å². The van der Waals surface area contributed by atoms with E-state index in [0.29, 0.717) is 16.9 Å². The molecule has 0 atom stereocenters. The number of hydrogen-bond donors (Lipinski definition) is 2. The van der Waals surface area contributed by atoms with Crippen LogP contribution in [0.15, 0.2) is 46.8 Å². The lowest BCUT2D eigenvalue weighted by molar-refractivity contribution is 0.0600. The summed E-state index contributed by atoms with van der Waals surface area (Å²) in [6.45, 7) is 1.85. The van der Waals surface area contributed by atoms with E-state index in [4.69, 9.17) is 4.74 Å². The standard InChI is InChI=1S/C19H18N4O6S2/c1-11-5-4-6-12(9-11)16(24)20-18-21-22-19(30-18)31(26,27)23-14-10-13(17(25)29-3)7-8-15(14)28-2/h4-10,23H,1-3H3,(H,20,21,24). The Balaban J connectivity index is 1.81. The lowest BCUT2D eigenvalue weighted by Gasteiger charge is -2.11. The first-order chi connectivity index (χ1) is 14.7. The van der Waals surface area contributed by atoms with Gasteiger partial charge in [-0.2, -0.15) is 8.42 Å². The van der Waals surface area contributed by atoms with Gasteiger partial charge in [0.15, 0.2) is 0 Å². The van der Waals surface area contributed by atoms with Gasteiger partial charge in [0.2, 0.25) is 5.13 Å². The molecule has 1 aromatic heterocycles. The summed E-state index contributed by atoms with van der Waals surface area (Å²) < 4.78 is 37.2. The molecule has 0 aliphatic rings. The highest BCUT2D eigenvalue weighted by Crippen LogP contribution is 2.30.